The summed E-state index contributed by atoms with van der Waals surface area (Å²) in [6.45, 7) is 3.85. The summed E-state index contributed by atoms with van der Waals surface area (Å²) in [7, 11) is 0. The summed E-state index contributed by atoms with van der Waals surface area (Å²) in [5, 5.41) is 19.5. The lowest BCUT2D eigenvalue weighted by Gasteiger charge is -2.03. The summed E-state index contributed by atoms with van der Waals surface area (Å²) >= 11 is 1.47. The van der Waals surface area contributed by atoms with E-state index in [1.807, 2.05) is 13.8 Å². The molecular weight excluding hydrogens is 276 g/mol. The highest BCUT2D eigenvalue weighted by atomic mass is 32.1. The Morgan fingerprint density at radius 2 is 1.95 bits per heavy atom. The van der Waals surface area contributed by atoms with Gasteiger partial charge in [0.1, 0.15) is 10.7 Å². The molecule has 0 radical (unpaired) electrons. The first kappa shape index (κ1) is 12.7. The second kappa shape index (κ2) is 4.35. The van der Waals surface area contributed by atoms with Crippen LogP contribution in [0.25, 0.3) is 21.6 Å². The number of aromatic amines is 1. The third-order valence-corrected chi connectivity index (χ3v) is 4.39. The molecule has 5 nitrogen and oxygen atoms in total. The van der Waals surface area contributed by atoms with Crippen LogP contribution in [0.1, 0.15) is 10.4 Å². The van der Waals surface area contributed by atoms with Gasteiger partial charge in [-0.3, -0.25) is 4.79 Å². The van der Waals surface area contributed by atoms with Gasteiger partial charge in [0, 0.05) is 10.4 Å². The number of phenols is 2. The van der Waals surface area contributed by atoms with Crippen molar-refractivity contribution in [3.05, 3.63) is 39.0 Å². The highest BCUT2D eigenvalue weighted by molar-refractivity contribution is 7.18. The monoisotopic (exact) mass is 288 g/mol. The predicted octanol–water partition coefficient (Wildman–Crippen LogP) is 2.68. The number of benzene rings is 1. The number of hydrogen-bond acceptors (Lipinski definition) is 5. The van der Waals surface area contributed by atoms with E-state index < -0.39 is 0 Å². The molecule has 1 aromatic carbocycles. The zero-order valence-electron chi connectivity index (χ0n) is 10.9. The molecule has 20 heavy (non-hydrogen) atoms. The zero-order valence-corrected chi connectivity index (χ0v) is 11.7. The number of nitrogens with one attached hydrogen (secondary N) is 1. The van der Waals surface area contributed by atoms with Gasteiger partial charge >= 0.3 is 0 Å². The molecule has 0 aliphatic rings. The zero-order chi connectivity index (χ0) is 14.4. The van der Waals surface area contributed by atoms with Crippen molar-refractivity contribution in [2.45, 2.75) is 13.8 Å². The van der Waals surface area contributed by atoms with Gasteiger partial charge in [0.05, 0.1) is 5.39 Å². The molecule has 2 heterocycles. The smallest absolute Gasteiger partial charge is 0.260 e. The second-order valence-electron chi connectivity index (χ2n) is 4.58. The lowest BCUT2D eigenvalue weighted by molar-refractivity contribution is 0.404. The molecule has 3 N–H and O–H groups in total. The highest BCUT2D eigenvalue weighted by Gasteiger charge is 2.13. The average Bonchev–Trinajstić information content (AvgIpc) is 2.68. The number of nitrogens with zero attached hydrogens (tertiary/aromatic N) is 1. The summed E-state index contributed by atoms with van der Waals surface area (Å²) < 4.78 is 0. The van der Waals surface area contributed by atoms with Crippen LogP contribution in [0.4, 0.5) is 0 Å². The van der Waals surface area contributed by atoms with Crippen LogP contribution in [0, 0.1) is 13.8 Å². The van der Waals surface area contributed by atoms with Crippen molar-refractivity contribution in [3.63, 3.8) is 0 Å². The lowest BCUT2D eigenvalue weighted by Crippen LogP contribution is -2.09. The molecule has 0 aliphatic carbocycles. The summed E-state index contributed by atoms with van der Waals surface area (Å²) in [6, 6.07) is 4.32. The van der Waals surface area contributed by atoms with Gasteiger partial charge in [0.15, 0.2) is 11.5 Å². The number of phenolic OH excluding ortho intramolecular Hbond substituents is 2. The fourth-order valence-electron chi connectivity index (χ4n) is 2.06. The van der Waals surface area contributed by atoms with Gasteiger partial charge in [-0.05, 0) is 37.6 Å². The lowest BCUT2D eigenvalue weighted by atomic mass is 10.2. The molecule has 0 spiro atoms. The molecule has 0 saturated carbocycles. The molecule has 0 unspecified atom stereocenters. The number of rotatable bonds is 1. The Balaban J connectivity index is 2.27. The van der Waals surface area contributed by atoms with Crippen molar-refractivity contribution in [3.8, 4) is 22.9 Å². The Morgan fingerprint density at radius 3 is 2.65 bits per heavy atom. The first-order valence-corrected chi connectivity index (χ1v) is 6.81. The van der Waals surface area contributed by atoms with Crippen LogP contribution in [-0.2, 0) is 0 Å². The Labute approximate surface area is 118 Å². The molecule has 3 aromatic rings. The quantitative estimate of drug-likeness (QED) is 0.601. The minimum absolute atomic E-state index is 0.195. The molecule has 0 fully saturated rings. The molecule has 102 valence electrons. The normalized spacial score (nSPS) is 11.1. The van der Waals surface area contributed by atoms with Gasteiger partial charge in [-0.25, -0.2) is 4.98 Å². The number of thiophene rings is 1. The van der Waals surface area contributed by atoms with E-state index in [2.05, 4.69) is 9.97 Å². The Morgan fingerprint density at radius 1 is 1.20 bits per heavy atom. The van der Waals surface area contributed by atoms with E-state index in [4.69, 9.17) is 0 Å². The molecular formula is C14H12N2O3S. The van der Waals surface area contributed by atoms with Gasteiger partial charge in [-0.15, -0.1) is 11.3 Å². The summed E-state index contributed by atoms with van der Waals surface area (Å²) in [5.74, 6) is -0.0807. The van der Waals surface area contributed by atoms with Crippen LogP contribution in [-0.4, -0.2) is 20.2 Å². The first-order valence-electron chi connectivity index (χ1n) is 5.99. The van der Waals surface area contributed by atoms with Crippen molar-refractivity contribution in [2.75, 3.05) is 0 Å². The first-order chi connectivity index (χ1) is 9.47. The number of hydrogen-bond donors (Lipinski definition) is 3. The van der Waals surface area contributed by atoms with E-state index in [1.165, 1.54) is 23.5 Å². The molecule has 0 amide bonds. The Kier molecular flexibility index (Phi) is 2.76. The number of aryl methyl sites for hydroxylation is 2. The van der Waals surface area contributed by atoms with Crippen molar-refractivity contribution in [1.29, 1.82) is 0 Å². The molecule has 0 atom stereocenters. The molecule has 6 heteroatoms. The summed E-state index contributed by atoms with van der Waals surface area (Å²) in [5.41, 5.74) is 1.29. The van der Waals surface area contributed by atoms with Gasteiger partial charge in [0.2, 0.25) is 0 Å². The van der Waals surface area contributed by atoms with Crippen LogP contribution in [0.15, 0.2) is 23.0 Å². The highest BCUT2D eigenvalue weighted by Crippen LogP contribution is 2.31. The number of aromatic nitrogens is 2. The molecule has 2 aromatic heterocycles. The van der Waals surface area contributed by atoms with E-state index in [0.29, 0.717) is 21.6 Å². The minimum atomic E-state index is -0.246. The maximum Gasteiger partial charge on any atom is 0.260 e. The standard InChI is InChI=1S/C14H12N2O3S/c1-6-7(2)20-14-11(6)13(19)15-12(16-14)8-3-4-9(17)10(18)5-8/h3-5,17-18H,1-2H3,(H,15,16,19). The maximum absolute atomic E-state index is 12.2. The fraction of sp³-hybridized carbons (Fsp3) is 0.143. The van der Waals surface area contributed by atoms with Crippen molar-refractivity contribution in [1.82, 2.24) is 9.97 Å². The Bertz CT molecular complexity index is 880. The average molecular weight is 288 g/mol. The van der Waals surface area contributed by atoms with E-state index in [9.17, 15) is 15.0 Å². The minimum Gasteiger partial charge on any atom is -0.504 e. The topological polar surface area (TPSA) is 86.2 Å². The van der Waals surface area contributed by atoms with Crippen LogP contribution in [0.5, 0.6) is 11.5 Å². The van der Waals surface area contributed by atoms with Crippen LogP contribution in [0.2, 0.25) is 0 Å². The van der Waals surface area contributed by atoms with Crippen molar-refractivity contribution >= 4 is 21.6 Å². The number of fused-ring (bicyclic) bond motifs is 1. The van der Waals surface area contributed by atoms with E-state index in [1.54, 1.807) is 6.07 Å². The number of H-pyrrole nitrogens is 1. The van der Waals surface area contributed by atoms with Crippen LogP contribution >= 0.6 is 11.3 Å². The van der Waals surface area contributed by atoms with Gasteiger partial charge in [0.25, 0.3) is 5.56 Å². The van der Waals surface area contributed by atoms with Gasteiger partial charge < -0.3 is 15.2 Å². The third-order valence-electron chi connectivity index (χ3n) is 3.29. The van der Waals surface area contributed by atoms with E-state index in [0.717, 1.165) is 10.4 Å². The largest absolute Gasteiger partial charge is 0.504 e. The Hall–Kier alpha value is -2.34. The van der Waals surface area contributed by atoms with Crippen molar-refractivity contribution < 1.29 is 10.2 Å². The molecule has 0 saturated heterocycles. The summed E-state index contributed by atoms with van der Waals surface area (Å²) in [4.78, 5) is 21.0. The molecule has 0 aliphatic heterocycles. The predicted molar refractivity (Wildman–Crippen MR) is 78.5 cm³/mol. The number of aromatic hydroxyl groups is 2. The molecule has 0 bridgehead atoms. The van der Waals surface area contributed by atoms with Gasteiger partial charge in [-0.2, -0.15) is 0 Å². The van der Waals surface area contributed by atoms with Gasteiger partial charge in [-0.1, -0.05) is 0 Å². The van der Waals surface area contributed by atoms with E-state index in [-0.39, 0.29) is 17.1 Å². The van der Waals surface area contributed by atoms with Crippen LogP contribution in [0.3, 0.4) is 0 Å². The molecule has 3 rings (SSSR count). The van der Waals surface area contributed by atoms with E-state index >= 15 is 0 Å². The van der Waals surface area contributed by atoms with Crippen molar-refractivity contribution in [2.24, 2.45) is 0 Å². The second-order valence-corrected chi connectivity index (χ2v) is 5.78. The summed E-state index contributed by atoms with van der Waals surface area (Å²) in [6.07, 6.45) is 0. The maximum atomic E-state index is 12.2. The third kappa shape index (κ3) is 1.85. The fourth-order valence-corrected chi connectivity index (χ4v) is 3.09. The van der Waals surface area contributed by atoms with Crippen LogP contribution < -0.4 is 5.56 Å². The SMILES string of the molecule is Cc1sc2nc(-c3ccc(O)c(O)c3)[nH]c(=O)c2c1C.